The number of ether oxygens (including phenoxy) is 1. The minimum atomic E-state index is -0.0512. The summed E-state index contributed by atoms with van der Waals surface area (Å²) in [7, 11) is 0. The third kappa shape index (κ3) is 3.46. The van der Waals surface area contributed by atoms with Gasteiger partial charge in [-0.25, -0.2) is 0 Å². The summed E-state index contributed by atoms with van der Waals surface area (Å²) < 4.78 is 5.68. The van der Waals surface area contributed by atoms with E-state index in [1.165, 1.54) is 18.1 Å². The number of hydrogen-bond acceptors (Lipinski definition) is 3. The average molecular weight is 296 g/mol. The second-order valence-electron chi connectivity index (χ2n) is 5.49. The van der Waals surface area contributed by atoms with Gasteiger partial charge in [0.15, 0.2) is 0 Å². The van der Waals surface area contributed by atoms with Crippen molar-refractivity contribution in [2.45, 2.75) is 25.9 Å². The van der Waals surface area contributed by atoms with E-state index in [0.717, 1.165) is 31.0 Å². The summed E-state index contributed by atoms with van der Waals surface area (Å²) in [5.41, 5.74) is 3.24. The number of fused-ring (bicyclic) bond motifs is 1. The van der Waals surface area contributed by atoms with Gasteiger partial charge in [0.2, 0.25) is 5.91 Å². The van der Waals surface area contributed by atoms with Crippen molar-refractivity contribution in [3.05, 3.63) is 59.7 Å². The van der Waals surface area contributed by atoms with E-state index in [1.807, 2.05) is 42.5 Å². The van der Waals surface area contributed by atoms with E-state index in [4.69, 9.17) is 4.74 Å². The Bertz CT molecular complexity index is 652. The van der Waals surface area contributed by atoms with Gasteiger partial charge in [0.05, 0.1) is 6.61 Å². The summed E-state index contributed by atoms with van der Waals surface area (Å²) in [6, 6.07) is 16.4. The van der Waals surface area contributed by atoms with Crippen LogP contribution in [0.4, 0.5) is 5.69 Å². The van der Waals surface area contributed by atoms with Crippen molar-refractivity contribution < 1.29 is 9.53 Å². The quantitative estimate of drug-likeness (QED) is 0.910. The molecule has 2 N–H and O–H groups in total. The summed E-state index contributed by atoms with van der Waals surface area (Å²) in [6.45, 7) is 3.05. The summed E-state index contributed by atoms with van der Waals surface area (Å²) in [6.07, 6.45) is 0.973. The second-order valence-corrected chi connectivity index (χ2v) is 5.49. The molecular formula is C18H20N2O2. The van der Waals surface area contributed by atoms with Crippen molar-refractivity contribution in [1.82, 2.24) is 5.32 Å². The van der Waals surface area contributed by atoms with Crippen LogP contribution < -0.4 is 15.4 Å². The lowest BCUT2D eigenvalue weighted by Crippen LogP contribution is -2.26. The monoisotopic (exact) mass is 296 g/mol. The Labute approximate surface area is 130 Å². The molecule has 3 rings (SSSR count). The average Bonchev–Trinajstić information content (AvgIpc) is 2.54. The number of para-hydroxylation sites is 1. The summed E-state index contributed by atoms with van der Waals surface area (Å²) in [4.78, 5) is 11.0. The predicted molar refractivity (Wildman–Crippen MR) is 86.9 cm³/mol. The third-order valence-electron chi connectivity index (χ3n) is 3.79. The molecule has 1 amide bonds. The Kier molecular flexibility index (Phi) is 4.39. The molecule has 0 saturated carbocycles. The van der Waals surface area contributed by atoms with Gasteiger partial charge in [-0.3, -0.25) is 4.79 Å². The third-order valence-corrected chi connectivity index (χ3v) is 3.79. The fraction of sp³-hybridized carbons (Fsp3) is 0.278. The molecule has 2 aromatic rings. The van der Waals surface area contributed by atoms with Crippen LogP contribution in [-0.4, -0.2) is 12.5 Å². The van der Waals surface area contributed by atoms with Crippen molar-refractivity contribution in [2.24, 2.45) is 0 Å². The number of amides is 1. The van der Waals surface area contributed by atoms with Crippen LogP contribution in [0.3, 0.4) is 0 Å². The highest BCUT2D eigenvalue weighted by Crippen LogP contribution is 2.31. The fourth-order valence-electron chi connectivity index (χ4n) is 2.70. The van der Waals surface area contributed by atoms with Gasteiger partial charge in [-0.1, -0.05) is 30.3 Å². The number of hydrogen-bond donors (Lipinski definition) is 2. The molecule has 1 atom stereocenters. The Hall–Kier alpha value is -2.33. The number of anilines is 1. The Morgan fingerprint density at radius 3 is 2.73 bits per heavy atom. The smallest absolute Gasteiger partial charge is 0.221 e. The molecule has 0 saturated heterocycles. The van der Waals surface area contributed by atoms with Crippen molar-refractivity contribution >= 4 is 11.6 Å². The van der Waals surface area contributed by atoms with Crippen LogP contribution in [0, 0.1) is 0 Å². The maximum absolute atomic E-state index is 11.0. The van der Waals surface area contributed by atoms with Crippen molar-refractivity contribution in [1.29, 1.82) is 0 Å². The highest BCUT2D eigenvalue weighted by Gasteiger charge is 2.20. The van der Waals surface area contributed by atoms with E-state index < -0.39 is 0 Å². The molecule has 4 heteroatoms. The first kappa shape index (κ1) is 14.6. The SMILES string of the molecule is CC(=O)Nc1ccc(CN[C@H]2CCOc3ccccc32)cc1. The Balaban J connectivity index is 1.62. The van der Waals surface area contributed by atoms with Gasteiger partial charge in [0.1, 0.15) is 5.75 Å². The number of benzene rings is 2. The number of nitrogens with one attached hydrogen (secondary N) is 2. The molecule has 0 radical (unpaired) electrons. The van der Waals surface area contributed by atoms with Gasteiger partial charge < -0.3 is 15.4 Å². The maximum Gasteiger partial charge on any atom is 0.221 e. The van der Waals surface area contributed by atoms with Gasteiger partial charge in [0, 0.05) is 37.2 Å². The first-order valence-electron chi connectivity index (χ1n) is 7.54. The van der Waals surface area contributed by atoms with Crippen molar-refractivity contribution in [3.63, 3.8) is 0 Å². The highest BCUT2D eigenvalue weighted by molar-refractivity contribution is 5.88. The van der Waals surface area contributed by atoms with Crippen LogP contribution in [-0.2, 0) is 11.3 Å². The zero-order chi connectivity index (χ0) is 15.4. The standard InChI is InChI=1S/C18H20N2O2/c1-13(21)20-15-8-6-14(7-9-15)12-19-17-10-11-22-18-5-3-2-4-16(17)18/h2-9,17,19H,10-12H2,1H3,(H,20,21)/t17-/m0/s1. The summed E-state index contributed by atoms with van der Waals surface area (Å²) >= 11 is 0. The lowest BCUT2D eigenvalue weighted by molar-refractivity contribution is -0.114. The minimum Gasteiger partial charge on any atom is -0.493 e. The maximum atomic E-state index is 11.0. The molecule has 0 aromatic heterocycles. The van der Waals surface area contributed by atoms with Crippen LogP contribution in [0.1, 0.15) is 30.5 Å². The van der Waals surface area contributed by atoms with E-state index in [1.54, 1.807) is 0 Å². The molecule has 0 bridgehead atoms. The van der Waals surface area contributed by atoms with E-state index >= 15 is 0 Å². The Morgan fingerprint density at radius 2 is 1.95 bits per heavy atom. The topological polar surface area (TPSA) is 50.4 Å². The number of rotatable bonds is 4. The second kappa shape index (κ2) is 6.62. The van der Waals surface area contributed by atoms with E-state index in [9.17, 15) is 4.79 Å². The minimum absolute atomic E-state index is 0.0512. The molecule has 1 aliphatic rings. The molecule has 1 aliphatic heterocycles. The zero-order valence-corrected chi connectivity index (χ0v) is 12.6. The van der Waals surface area contributed by atoms with Gasteiger partial charge in [-0.05, 0) is 23.8 Å². The molecule has 114 valence electrons. The summed E-state index contributed by atoms with van der Waals surface area (Å²) in [5.74, 6) is 0.928. The van der Waals surface area contributed by atoms with E-state index in [2.05, 4.69) is 16.7 Å². The van der Waals surface area contributed by atoms with Crippen molar-refractivity contribution in [3.8, 4) is 5.75 Å². The first-order valence-corrected chi connectivity index (χ1v) is 7.54. The van der Waals surface area contributed by atoms with Crippen LogP contribution in [0.2, 0.25) is 0 Å². The lowest BCUT2D eigenvalue weighted by atomic mass is 10.0. The molecule has 0 unspecified atom stereocenters. The molecular weight excluding hydrogens is 276 g/mol. The largest absolute Gasteiger partial charge is 0.493 e. The highest BCUT2D eigenvalue weighted by atomic mass is 16.5. The summed E-state index contributed by atoms with van der Waals surface area (Å²) in [5, 5.41) is 6.36. The Morgan fingerprint density at radius 1 is 1.18 bits per heavy atom. The van der Waals surface area contributed by atoms with Crippen molar-refractivity contribution in [2.75, 3.05) is 11.9 Å². The normalized spacial score (nSPS) is 16.5. The number of carbonyl (C=O) groups is 1. The molecule has 22 heavy (non-hydrogen) atoms. The fourth-order valence-corrected chi connectivity index (χ4v) is 2.70. The first-order chi connectivity index (χ1) is 10.7. The van der Waals surface area contributed by atoms with Crippen LogP contribution in [0.5, 0.6) is 5.75 Å². The molecule has 0 spiro atoms. The van der Waals surface area contributed by atoms with Crippen LogP contribution in [0.15, 0.2) is 48.5 Å². The van der Waals surface area contributed by atoms with E-state index in [-0.39, 0.29) is 5.91 Å². The molecule has 1 heterocycles. The number of carbonyl (C=O) groups excluding carboxylic acids is 1. The van der Waals surface area contributed by atoms with Gasteiger partial charge in [-0.15, -0.1) is 0 Å². The van der Waals surface area contributed by atoms with Crippen LogP contribution >= 0.6 is 0 Å². The zero-order valence-electron chi connectivity index (χ0n) is 12.6. The lowest BCUT2D eigenvalue weighted by Gasteiger charge is -2.26. The molecule has 0 aliphatic carbocycles. The van der Waals surface area contributed by atoms with Gasteiger partial charge in [-0.2, -0.15) is 0 Å². The molecule has 2 aromatic carbocycles. The van der Waals surface area contributed by atoms with Gasteiger partial charge in [0.25, 0.3) is 0 Å². The van der Waals surface area contributed by atoms with E-state index in [0.29, 0.717) is 6.04 Å². The predicted octanol–water partition coefficient (Wildman–Crippen LogP) is 3.26. The molecule has 4 nitrogen and oxygen atoms in total. The van der Waals surface area contributed by atoms with Crippen LogP contribution in [0.25, 0.3) is 0 Å². The molecule has 0 fully saturated rings. The van der Waals surface area contributed by atoms with Gasteiger partial charge >= 0.3 is 0 Å².